The number of esters is 1. The van der Waals surface area contributed by atoms with Crippen molar-refractivity contribution in [3.63, 3.8) is 0 Å². The van der Waals surface area contributed by atoms with Gasteiger partial charge < -0.3 is 14.1 Å². The molecule has 0 aliphatic rings. The minimum Gasteiger partial charge on any atom is -0.462 e. The lowest BCUT2D eigenvalue weighted by Crippen LogP contribution is -2.21. The first-order chi connectivity index (χ1) is 16.6. The van der Waals surface area contributed by atoms with Crippen LogP contribution in [0.1, 0.15) is 76.1 Å². The van der Waals surface area contributed by atoms with E-state index in [2.05, 4.69) is 25.7 Å². The predicted octanol–water partition coefficient (Wildman–Crippen LogP) is 7.21. The van der Waals surface area contributed by atoms with E-state index >= 15 is 0 Å². The number of hydrogen-bond acceptors (Lipinski definition) is 5. The third-order valence-electron chi connectivity index (χ3n) is 6.26. The molecular formula is C29H37NO4. The zero-order valence-corrected chi connectivity index (χ0v) is 20.8. The van der Waals surface area contributed by atoms with Crippen molar-refractivity contribution in [1.82, 2.24) is 0 Å². The van der Waals surface area contributed by atoms with E-state index in [1.54, 1.807) is 24.3 Å². The number of carbonyl (C=O) groups excluding carboxylic acids is 1. The lowest BCUT2D eigenvalue weighted by molar-refractivity contribution is 0.0497. The summed E-state index contributed by atoms with van der Waals surface area (Å²) in [5.41, 5.74) is 2.90. The van der Waals surface area contributed by atoms with Gasteiger partial charge >= 0.3 is 11.6 Å². The molecule has 34 heavy (non-hydrogen) atoms. The predicted molar refractivity (Wildman–Crippen MR) is 140 cm³/mol. The molecule has 2 aromatic carbocycles. The third-order valence-corrected chi connectivity index (χ3v) is 6.26. The van der Waals surface area contributed by atoms with Crippen LogP contribution in [0.25, 0.3) is 22.1 Å². The maximum Gasteiger partial charge on any atom is 0.344 e. The van der Waals surface area contributed by atoms with Gasteiger partial charge in [-0.1, -0.05) is 57.6 Å². The molecule has 0 aliphatic heterocycles. The summed E-state index contributed by atoms with van der Waals surface area (Å²) in [5, 5.41) is 0.865. The topological polar surface area (TPSA) is 59.8 Å². The molecule has 0 spiro atoms. The molecule has 0 N–H and O–H groups in total. The van der Waals surface area contributed by atoms with Crippen LogP contribution < -0.4 is 10.5 Å². The zero-order chi connectivity index (χ0) is 24.3. The summed E-state index contributed by atoms with van der Waals surface area (Å²) in [4.78, 5) is 27.2. The van der Waals surface area contributed by atoms with Gasteiger partial charge in [-0.2, -0.15) is 0 Å². The summed E-state index contributed by atoms with van der Waals surface area (Å²) < 4.78 is 11.0. The fourth-order valence-electron chi connectivity index (χ4n) is 4.18. The van der Waals surface area contributed by atoms with Crippen LogP contribution in [0.2, 0.25) is 0 Å². The Morgan fingerprint density at radius 1 is 0.853 bits per heavy atom. The van der Waals surface area contributed by atoms with E-state index in [0.717, 1.165) is 37.0 Å². The molecule has 0 saturated heterocycles. The quantitative estimate of drug-likeness (QED) is 0.152. The highest BCUT2D eigenvalue weighted by atomic mass is 16.5. The summed E-state index contributed by atoms with van der Waals surface area (Å²) in [6.07, 6.45) is 8.26. The summed E-state index contributed by atoms with van der Waals surface area (Å²) in [6, 6.07) is 14.7. The number of anilines is 1. The summed E-state index contributed by atoms with van der Waals surface area (Å²) in [5.74, 6) is -0.327. The minimum absolute atomic E-state index is 0.327. The molecule has 0 amide bonds. The number of ether oxygens (including phenoxy) is 1. The van der Waals surface area contributed by atoms with Gasteiger partial charge in [0.15, 0.2) is 0 Å². The van der Waals surface area contributed by atoms with Gasteiger partial charge in [0.1, 0.15) is 5.58 Å². The van der Waals surface area contributed by atoms with Crippen LogP contribution in [0.15, 0.2) is 57.7 Å². The molecule has 5 heteroatoms. The maximum absolute atomic E-state index is 12.7. The average molecular weight is 464 g/mol. The van der Waals surface area contributed by atoms with E-state index in [0.29, 0.717) is 28.9 Å². The number of hydrogen-bond donors (Lipinski definition) is 0. The van der Waals surface area contributed by atoms with E-state index in [4.69, 9.17) is 9.15 Å². The minimum atomic E-state index is -0.390. The van der Waals surface area contributed by atoms with Crippen molar-refractivity contribution in [1.29, 1.82) is 0 Å². The largest absolute Gasteiger partial charge is 0.462 e. The van der Waals surface area contributed by atoms with Crippen LogP contribution in [0.4, 0.5) is 5.69 Å². The van der Waals surface area contributed by atoms with E-state index in [-0.39, 0.29) is 5.97 Å². The fourth-order valence-corrected chi connectivity index (χ4v) is 4.18. The number of unbranched alkanes of at least 4 members (excludes halogenated alkanes) is 6. The van der Waals surface area contributed by atoms with E-state index in [1.807, 2.05) is 24.3 Å². The Hall–Kier alpha value is -3.08. The number of rotatable bonds is 13. The van der Waals surface area contributed by atoms with Gasteiger partial charge in [-0.15, -0.1) is 0 Å². The number of carbonyl (C=O) groups is 1. The Kier molecular flexibility index (Phi) is 9.75. The maximum atomic E-state index is 12.7. The molecule has 0 aliphatic carbocycles. The molecule has 0 unspecified atom stereocenters. The molecule has 1 heterocycles. The van der Waals surface area contributed by atoms with Gasteiger partial charge in [0.05, 0.1) is 17.7 Å². The van der Waals surface area contributed by atoms with Crippen molar-refractivity contribution in [2.75, 3.05) is 24.6 Å². The first kappa shape index (κ1) is 25.5. The molecule has 182 valence electrons. The van der Waals surface area contributed by atoms with Crippen LogP contribution >= 0.6 is 0 Å². The van der Waals surface area contributed by atoms with Crippen LogP contribution in [0, 0.1) is 0 Å². The molecule has 5 nitrogen and oxygen atoms in total. The van der Waals surface area contributed by atoms with Gasteiger partial charge in [-0.3, -0.25) is 0 Å². The molecular weight excluding hydrogens is 426 g/mol. The first-order valence-corrected chi connectivity index (χ1v) is 12.7. The molecule has 0 fully saturated rings. The smallest absolute Gasteiger partial charge is 0.344 e. The number of benzene rings is 2. The highest BCUT2D eigenvalue weighted by Gasteiger charge is 2.12. The lowest BCUT2D eigenvalue weighted by Gasteiger charge is -2.21. The highest BCUT2D eigenvalue weighted by Crippen LogP contribution is 2.25. The molecule has 0 saturated carbocycles. The van der Waals surface area contributed by atoms with Crippen LogP contribution in [-0.4, -0.2) is 25.7 Å². The van der Waals surface area contributed by atoms with Crippen molar-refractivity contribution >= 4 is 22.6 Å². The SMILES string of the molecule is CCCCCCCCCOC(=O)c1ccc(-c2cc3ccc(N(CC)CC)cc3oc2=O)cc1. The average Bonchev–Trinajstić information content (AvgIpc) is 2.86. The Morgan fingerprint density at radius 2 is 1.53 bits per heavy atom. The monoisotopic (exact) mass is 463 g/mol. The van der Waals surface area contributed by atoms with Crippen molar-refractivity contribution < 1.29 is 13.9 Å². The van der Waals surface area contributed by atoms with Gasteiger partial charge in [-0.05, 0) is 56.2 Å². The summed E-state index contributed by atoms with van der Waals surface area (Å²) in [6.45, 7) is 8.63. The molecule has 3 rings (SSSR count). The molecule has 0 bridgehead atoms. The molecule has 1 aromatic heterocycles. The summed E-state index contributed by atoms with van der Waals surface area (Å²) >= 11 is 0. The fraction of sp³-hybridized carbons (Fsp3) is 0.448. The van der Waals surface area contributed by atoms with Crippen LogP contribution in [0.5, 0.6) is 0 Å². The zero-order valence-electron chi connectivity index (χ0n) is 20.8. The highest BCUT2D eigenvalue weighted by molar-refractivity contribution is 5.90. The summed E-state index contributed by atoms with van der Waals surface area (Å²) in [7, 11) is 0. The molecule has 0 radical (unpaired) electrons. The van der Waals surface area contributed by atoms with Crippen LogP contribution in [0.3, 0.4) is 0 Å². The number of fused-ring (bicyclic) bond motifs is 1. The standard InChI is InChI=1S/C29H37NO4/c1-4-7-8-9-10-11-12-19-33-28(31)23-15-13-22(14-16-23)26-20-24-17-18-25(30(5-2)6-3)21-27(24)34-29(26)32/h13-18,20-21H,4-12,19H2,1-3H3. The van der Waals surface area contributed by atoms with Crippen molar-refractivity contribution in [2.24, 2.45) is 0 Å². The lowest BCUT2D eigenvalue weighted by atomic mass is 10.0. The van der Waals surface area contributed by atoms with Gasteiger partial charge in [0, 0.05) is 30.2 Å². The van der Waals surface area contributed by atoms with Crippen molar-refractivity contribution in [3.8, 4) is 11.1 Å². The Labute approximate surface area is 202 Å². The van der Waals surface area contributed by atoms with Crippen molar-refractivity contribution in [2.45, 2.75) is 65.7 Å². The second-order valence-electron chi connectivity index (χ2n) is 8.68. The third kappa shape index (κ3) is 6.72. The van der Waals surface area contributed by atoms with E-state index in [1.165, 1.54) is 32.1 Å². The second kappa shape index (κ2) is 13.0. The molecule has 0 atom stereocenters. The Bertz CT molecular complexity index is 1110. The Morgan fingerprint density at radius 3 is 2.21 bits per heavy atom. The second-order valence-corrected chi connectivity index (χ2v) is 8.68. The van der Waals surface area contributed by atoms with E-state index < -0.39 is 5.63 Å². The van der Waals surface area contributed by atoms with Gasteiger partial charge in [0.25, 0.3) is 0 Å². The first-order valence-electron chi connectivity index (χ1n) is 12.7. The normalized spacial score (nSPS) is 11.0. The number of nitrogens with zero attached hydrogens (tertiary/aromatic N) is 1. The Balaban J connectivity index is 1.62. The molecule has 3 aromatic rings. The van der Waals surface area contributed by atoms with Gasteiger partial charge in [0.2, 0.25) is 0 Å². The van der Waals surface area contributed by atoms with Crippen molar-refractivity contribution in [3.05, 3.63) is 64.5 Å². The van der Waals surface area contributed by atoms with Crippen LogP contribution in [-0.2, 0) is 4.74 Å². The van der Waals surface area contributed by atoms with E-state index in [9.17, 15) is 9.59 Å². The van der Waals surface area contributed by atoms with Gasteiger partial charge in [-0.25, -0.2) is 9.59 Å².